The Bertz CT molecular complexity index is 585. The Morgan fingerprint density at radius 1 is 1.35 bits per heavy atom. The molecule has 1 aromatic carbocycles. The molecule has 0 saturated carbocycles. The summed E-state index contributed by atoms with van der Waals surface area (Å²) in [5.74, 6) is 0.741. The van der Waals surface area contributed by atoms with Crippen molar-refractivity contribution in [3.05, 3.63) is 41.3 Å². The summed E-state index contributed by atoms with van der Waals surface area (Å²) in [5.41, 5.74) is 3.41. The highest BCUT2D eigenvalue weighted by molar-refractivity contribution is 6.31. The summed E-state index contributed by atoms with van der Waals surface area (Å²) in [5, 5.41) is 4.23. The maximum absolute atomic E-state index is 6.24. The first kappa shape index (κ1) is 13.7. The first-order valence-corrected chi connectivity index (χ1v) is 7.59. The number of aromatic nitrogens is 2. The molecule has 2 aromatic rings. The molecule has 1 N–H and O–H groups in total. The number of imidazole rings is 1. The number of aryl methyl sites for hydroxylation is 1. The first-order chi connectivity index (χ1) is 9.74. The number of nitrogens with zero attached hydrogens (tertiary/aromatic N) is 2. The van der Waals surface area contributed by atoms with Gasteiger partial charge in [0, 0.05) is 17.1 Å². The Morgan fingerprint density at radius 3 is 2.90 bits per heavy atom. The molecule has 0 atom stereocenters. The van der Waals surface area contributed by atoms with Crippen molar-refractivity contribution >= 4 is 11.6 Å². The fourth-order valence-electron chi connectivity index (χ4n) is 2.80. The monoisotopic (exact) mass is 289 g/mol. The lowest BCUT2D eigenvalue weighted by Gasteiger charge is -2.23. The summed E-state index contributed by atoms with van der Waals surface area (Å²) in [6.45, 7) is 5.33. The van der Waals surface area contributed by atoms with Gasteiger partial charge in [-0.1, -0.05) is 23.7 Å². The van der Waals surface area contributed by atoms with Crippen molar-refractivity contribution in [3.63, 3.8) is 0 Å². The van der Waals surface area contributed by atoms with Crippen LogP contribution in [0.25, 0.3) is 11.3 Å². The predicted octanol–water partition coefficient (Wildman–Crippen LogP) is 3.51. The van der Waals surface area contributed by atoms with Crippen LogP contribution in [-0.4, -0.2) is 22.6 Å². The predicted molar refractivity (Wildman–Crippen MR) is 83.0 cm³/mol. The number of benzene rings is 1. The molecular weight excluding hydrogens is 270 g/mol. The van der Waals surface area contributed by atoms with Crippen molar-refractivity contribution in [2.45, 2.75) is 26.3 Å². The fraction of sp³-hybridized carbons (Fsp3) is 0.438. The van der Waals surface area contributed by atoms with E-state index in [2.05, 4.69) is 27.0 Å². The molecule has 0 aliphatic carbocycles. The van der Waals surface area contributed by atoms with Crippen LogP contribution in [0.4, 0.5) is 0 Å². The van der Waals surface area contributed by atoms with Crippen LogP contribution in [0, 0.1) is 12.8 Å². The van der Waals surface area contributed by atoms with Gasteiger partial charge in [-0.15, -0.1) is 0 Å². The molecule has 1 fully saturated rings. The highest BCUT2D eigenvalue weighted by Crippen LogP contribution is 2.26. The fourth-order valence-corrected chi connectivity index (χ4v) is 2.98. The molecule has 106 valence electrons. The van der Waals surface area contributed by atoms with Gasteiger partial charge >= 0.3 is 0 Å². The molecule has 0 unspecified atom stereocenters. The Hall–Kier alpha value is -1.32. The molecule has 1 aliphatic rings. The Balaban J connectivity index is 1.83. The summed E-state index contributed by atoms with van der Waals surface area (Å²) in [4.78, 5) is 4.32. The zero-order valence-electron chi connectivity index (χ0n) is 11.8. The lowest BCUT2D eigenvalue weighted by Crippen LogP contribution is -2.29. The Kier molecular flexibility index (Phi) is 4.08. The summed E-state index contributed by atoms with van der Waals surface area (Å²) >= 11 is 6.24. The molecule has 0 spiro atoms. The van der Waals surface area contributed by atoms with Crippen molar-refractivity contribution in [2.24, 2.45) is 5.92 Å². The third-order valence-corrected chi connectivity index (χ3v) is 4.50. The molecule has 3 rings (SSSR count). The number of nitrogens with one attached hydrogen (secondary N) is 1. The van der Waals surface area contributed by atoms with E-state index in [0.29, 0.717) is 0 Å². The summed E-state index contributed by atoms with van der Waals surface area (Å²) in [6.07, 6.45) is 6.35. The van der Waals surface area contributed by atoms with Gasteiger partial charge in [0.05, 0.1) is 18.2 Å². The molecule has 1 aliphatic heterocycles. The Labute approximate surface area is 125 Å². The minimum Gasteiger partial charge on any atom is -0.330 e. The van der Waals surface area contributed by atoms with Crippen LogP contribution in [0.15, 0.2) is 30.7 Å². The number of halogens is 1. The molecule has 1 aromatic heterocycles. The molecule has 0 bridgehead atoms. The summed E-state index contributed by atoms with van der Waals surface area (Å²) in [7, 11) is 0. The van der Waals surface area contributed by atoms with Gasteiger partial charge in [0.15, 0.2) is 0 Å². The van der Waals surface area contributed by atoms with Gasteiger partial charge in [-0.2, -0.15) is 0 Å². The van der Waals surface area contributed by atoms with E-state index in [1.807, 2.05) is 25.5 Å². The van der Waals surface area contributed by atoms with E-state index in [9.17, 15) is 0 Å². The maximum atomic E-state index is 6.24. The third-order valence-electron chi connectivity index (χ3n) is 4.09. The van der Waals surface area contributed by atoms with Crippen LogP contribution in [0.3, 0.4) is 0 Å². The van der Waals surface area contributed by atoms with Crippen molar-refractivity contribution in [3.8, 4) is 11.3 Å². The highest BCUT2D eigenvalue weighted by Gasteiger charge is 2.15. The van der Waals surface area contributed by atoms with Crippen LogP contribution in [0.2, 0.25) is 5.02 Å². The van der Waals surface area contributed by atoms with Crippen LogP contribution in [-0.2, 0) is 6.54 Å². The summed E-state index contributed by atoms with van der Waals surface area (Å²) in [6, 6.07) is 6.23. The number of piperidine rings is 1. The topological polar surface area (TPSA) is 29.9 Å². The molecule has 2 heterocycles. The van der Waals surface area contributed by atoms with Gasteiger partial charge in [0.1, 0.15) is 0 Å². The van der Waals surface area contributed by atoms with Gasteiger partial charge in [0.25, 0.3) is 0 Å². The van der Waals surface area contributed by atoms with Crippen LogP contribution in [0.1, 0.15) is 18.4 Å². The zero-order valence-corrected chi connectivity index (χ0v) is 12.5. The maximum Gasteiger partial charge on any atom is 0.0951 e. The smallest absolute Gasteiger partial charge is 0.0951 e. The second-order valence-electron chi connectivity index (χ2n) is 5.59. The first-order valence-electron chi connectivity index (χ1n) is 7.21. The van der Waals surface area contributed by atoms with E-state index in [1.54, 1.807) is 0 Å². The van der Waals surface area contributed by atoms with Crippen LogP contribution < -0.4 is 5.32 Å². The molecule has 1 saturated heterocycles. The Morgan fingerprint density at radius 2 is 2.15 bits per heavy atom. The third kappa shape index (κ3) is 2.89. The molecule has 0 radical (unpaired) electrons. The van der Waals surface area contributed by atoms with E-state index in [-0.39, 0.29) is 0 Å². The SMILES string of the molecule is Cc1ccc(-c2cncn2CC2CCNCC2)cc1Cl. The standard InChI is InChI=1S/C16H20ClN3/c1-12-2-3-14(8-15(12)17)16-9-19-11-20(16)10-13-4-6-18-7-5-13/h2-3,8-9,11,13,18H,4-7,10H2,1H3. The second-order valence-corrected chi connectivity index (χ2v) is 6.00. The van der Waals surface area contributed by atoms with Crippen LogP contribution in [0.5, 0.6) is 0 Å². The molecular formula is C16H20ClN3. The largest absolute Gasteiger partial charge is 0.330 e. The highest BCUT2D eigenvalue weighted by atomic mass is 35.5. The molecule has 20 heavy (non-hydrogen) atoms. The van der Waals surface area contributed by atoms with Crippen molar-refractivity contribution < 1.29 is 0 Å². The minimum atomic E-state index is 0.741. The minimum absolute atomic E-state index is 0.741. The van der Waals surface area contributed by atoms with Crippen LogP contribution >= 0.6 is 11.6 Å². The summed E-state index contributed by atoms with van der Waals surface area (Å²) < 4.78 is 2.26. The average Bonchev–Trinajstić information content (AvgIpc) is 2.91. The molecule has 3 nitrogen and oxygen atoms in total. The quantitative estimate of drug-likeness (QED) is 0.937. The van der Waals surface area contributed by atoms with Gasteiger partial charge in [0.2, 0.25) is 0 Å². The van der Waals surface area contributed by atoms with Crippen molar-refractivity contribution in [1.29, 1.82) is 0 Å². The molecule has 4 heteroatoms. The normalized spacial score (nSPS) is 16.5. The van der Waals surface area contributed by atoms with Gasteiger partial charge in [-0.25, -0.2) is 4.98 Å². The van der Waals surface area contributed by atoms with Gasteiger partial charge in [-0.05, 0) is 50.4 Å². The van der Waals surface area contributed by atoms with Gasteiger partial charge < -0.3 is 9.88 Å². The van der Waals surface area contributed by atoms with E-state index < -0.39 is 0 Å². The average molecular weight is 290 g/mol. The van der Waals surface area contributed by atoms with E-state index in [1.165, 1.54) is 12.8 Å². The second kappa shape index (κ2) is 5.98. The van der Waals surface area contributed by atoms with E-state index in [4.69, 9.17) is 11.6 Å². The number of rotatable bonds is 3. The van der Waals surface area contributed by atoms with Crippen molar-refractivity contribution in [1.82, 2.24) is 14.9 Å². The number of hydrogen-bond donors (Lipinski definition) is 1. The zero-order chi connectivity index (χ0) is 13.9. The van der Waals surface area contributed by atoms with Crippen molar-refractivity contribution in [2.75, 3.05) is 13.1 Å². The lowest BCUT2D eigenvalue weighted by atomic mass is 9.98. The number of hydrogen-bond acceptors (Lipinski definition) is 2. The van der Waals surface area contributed by atoms with E-state index >= 15 is 0 Å². The van der Waals surface area contributed by atoms with Gasteiger partial charge in [-0.3, -0.25) is 0 Å². The lowest BCUT2D eigenvalue weighted by molar-refractivity contribution is 0.334. The molecule has 0 amide bonds. The van der Waals surface area contributed by atoms with E-state index in [0.717, 1.165) is 47.4 Å².